The Bertz CT molecular complexity index is 1370. The molecule has 1 atom stereocenters. The summed E-state index contributed by atoms with van der Waals surface area (Å²) >= 11 is 0. The standard InChI is InChI=1S/C36H49N3O2/c1-7-39-31-21-30-28(20-27(31)24(2)22-35(39,3)4)33(37-15-9-8-10-18-41-23-40)29-19-25-13-11-16-38-17-12-14-26(34(25)38)32(29)36(30,5)6/h19-21,23-24H,7-18,22H2,1-6H3. The molecule has 0 bridgehead atoms. The van der Waals surface area contributed by atoms with Gasteiger partial charge in [-0.3, -0.25) is 9.79 Å². The summed E-state index contributed by atoms with van der Waals surface area (Å²) in [5, 5.41) is 0. The van der Waals surface area contributed by atoms with Crippen LogP contribution < -0.4 is 9.80 Å². The lowest BCUT2D eigenvalue weighted by Crippen LogP contribution is -2.48. The Morgan fingerprint density at radius 2 is 1.80 bits per heavy atom. The van der Waals surface area contributed by atoms with Gasteiger partial charge in [-0.2, -0.15) is 0 Å². The first-order chi connectivity index (χ1) is 19.7. The molecule has 0 fully saturated rings. The maximum Gasteiger partial charge on any atom is 0.293 e. The fraction of sp³-hybridized carbons (Fsp3) is 0.611. The van der Waals surface area contributed by atoms with Gasteiger partial charge < -0.3 is 14.5 Å². The first-order valence-corrected chi connectivity index (χ1v) is 16.2. The van der Waals surface area contributed by atoms with E-state index >= 15 is 0 Å². The highest BCUT2D eigenvalue weighted by Gasteiger charge is 2.43. The molecule has 5 heteroatoms. The van der Waals surface area contributed by atoms with Crippen molar-refractivity contribution in [3.05, 3.63) is 57.1 Å². The minimum Gasteiger partial charge on any atom is -0.468 e. The molecule has 4 aliphatic rings. The van der Waals surface area contributed by atoms with Crippen molar-refractivity contribution in [2.24, 2.45) is 4.99 Å². The Morgan fingerprint density at radius 1 is 1.02 bits per heavy atom. The number of hydrogen-bond donors (Lipinski definition) is 0. The van der Waals surface area contributed by atoms with Crippen LogP contribution in [0, 0.1) is 0 Å². The molecule has 0 spiro atoms. The lowest BCUT2D eigenvalue weighted by molar-refractivity contribution is -0.128. The van der Waals surface area contributed by atoms with E-state index in [4.69, 9.17) is 9.73 Å². The van der Waals surface area contributed by atoms with E-state index in [1.165, 1.54) is 83.6 Å². The minimum absolute atomic E-state index is 0.0973. The highest BCUT2D eigenvalue weighted by atomic mass is 16.5. The topological polar surface area (TPSA) is 45.1 Å². The second-order valence-electron chi connectivity index (χ2n) is 14.0. The van der Waals surface area contributed by atoms with Crippen LogP contribution in [0.5, 0.6) is 0 Å². The van der Waals surface area contributed by atoms with Crippen LogP contribution in [-0.2, 0) is 27.8 Å². The van der Waals surface area contributed by atoms with Crippen molar-refractivity contribution in [3.63, 3.8) is 0 Å². The van der Waals surface area contributed by atoms with Crippen LogP contribution in [0.15, 0.2) is 23.2 Å². The van der Waals surface area contributed by atoms with Crippen LogP contribution in [0.25, 0.3) is 0 Å². The third-order valence-electron chi connectivity index (χ3n) is 10.4. The molecule has 41 heavy (non-hydrogen) atoms. The number of hydrogen-bond acceptors (Lipinski definition) is 5. The number of nitrogens with zero attached hydrogens (tertiary/aromatic N) is 3. The molecule has 2 aromatic rings. The molecule has 2 aromatic carbocycles. The zero-order chi connectivity index (χ0) is 28.9. The number of unbranched alkanes of at least 4 members (excludes halogenated alkanes) is 2. The average Bonchev–Trinajstić information content (AvgIpc) is 2.93. The second kappa shape index (κ2) is 10.8. The maximum atomic E-state index is 10.5. The maximum absolute atomic E-state index is 10.5. The summed E-state index contributed by atoms with van der Waals surface area (Å²) < 4.78 is 4.91. The van der Waals surface area contributed by atoms with Crippen molar-refractivity contribution in [3.8, 4) is 0 Å². The fourth-order valence-electron chi connectivity index (χ4n) is 8.76. The van der Waals surface area contributed by atoms with Crippen LogP contribution in [0.4, 0.5) is 11.4 Å². The van der Waals surface area contributed by atoms with E-state index in [9.17, 15) is 4.79 Å². The Kier molecular flexibility index (Phi) is 7.45. The van der Waals surface area contributed by atoms with Gasteiger partial charge in [0.05, 0.1) is 12.3 Å². The van der Waals surface area contributed by atoms with Crippen LogP contribution in [0.2, 0.25) is 0 Å². The highest BCUT2D eigenvalue weighted by molar-refractivity contribution is 6.18. The van der Waals surface area contributed by atoms with Crippen molar-refractivity contribution >= 4 is 23.6 Å². The number of aryl methyl sites for hydroxylation is 1. The predicted octanol–water partition coefficient (Wildman–Crippen LogP) is 7.32. The SMILES string of the molecule is CCN1c2cc3c(cc2C(C)CC1(C)C)C(=NCCCCCOC=O)c1cc2c4c(c1C3(C)C)CCCN4CCC2. The molecule has 3 heterocycles. The monoisotopic (exact) mass is 555 g/mol. The molecule has 5 nitrogen and oxygen atoms in total. The largest absolute Gasteiger partial charge is 0.468 e. The van der Waals surface area contributed by atoms with Crippen molar-refractivity contribution < 1.29 is 9.53 Å². The number of carbonyl (C=O) groups is 1. The molecule has 0 saturated heterocycles. The van der Waals surface area contributed by atoms with E-state index in [0.29, 0.717) is 19.0 Å². The Balaban J connectivity index is 1.52. The Morgan fingerprint density at radius 3 is 2.56 bits per heavy atom. The summed E-state index contributed by atoms with van der Waals surface area (Å²) in [6.45, 7) is 19.7. The van der Waals surface area contributed by atoms with Gasteiger partial charge in [0, 0.05) is 59.6 Å². The highest BCUT2D eigenvalue weighted by Crippen LogP contribution is 2.52. The summed E-state index contributed by atoms with van der Waals surface area (Å²) in [5.41, 5.74) is 14.5. The van der Waals surface area contributed by atoms with Gasteiger partial charge in [-0.15, -0.1) is 0 Å². The summed E-state index contributed by atoms with van der Waals surface area (Å²) in [6, 6.07) is 7.64. The summed E-state index contributed by atoms with van der Waals surface area (Å²) in [4.78, 5) is 21.3. The molecule has 0 saturated carbocycles. The first-order valence-electron chi connectivity index (χ1n) is 16.2. The molecule has 220 valence electrons. The lowest BCUT2D eigenvalue weighted by atomic mass is 9.63. The molecule has 6 rings (SSSR count). The van der Waals surface area contributed by atoms with Gasteiger partial charge in [0.1, 0.15) is 0 Å². The second-order valence-corrected chi connectivity index (χ2v) is 14.0. The summed E-state index contributed by atoms with van der Waals surface area (Å²) in [6.07, 6.45) is 8.90. The van der Waals surface area contributed by atoms with Crippen LogP contribution in [-0.4, -0.2) is 50.5 Å². The van der Waals surface area contributed by atoms with Gasteiger partial charge in [0.2, 0.25) is 0 Å². The molecule has 0 amide bonds. The van der Waals surface area contributed by atoms with Gasteiger partial charge in [-0.05, 0) is 124 Å². The quantitative estimate of drug-likeness (QED) is 0.253. The molecule has 3 aliphatic heterocycles. The number of benzene rings is 2. The van der Waals surface area contributed by atoms with Crippen molar-refractivity contribution in [1.29, 1.82) is 0 Å². The minimum atomic E-state index is -0.0973. The third kappa shape index (κ3) is 4.68. The predicted molar refractivity (Wildman–Crippen MR) is 170 cm³/mol. The molecular weight excluding hydrogens is 506 g/mol. The van der Waals surface area contributed by atoms with Crippen molar-refractivity contribution in [2.45, 2.75) is 110 Å². The van der Waals surface area contributed by atoms with E-state index in [-0.39, 0.29) is 11.0 Å². The smallest absolute Gasteiger partial charge is 0.293 e. The number of anilines is 2. The normalized spacial score (nSPS) is 22.5. The van der Waals surface area contributed by atoms with E-state index in [1.54, 1.807) is 11.3 Å². The van der Waals surface area contributed by atoms with E-state index < -0.39 is 0 Å². The van der Waals surface area contributed by atoms with E-state index in [2.05, 4.69) is 69.5 Å². The molecule has 1 aliphatic carbocycles. The van der Waals surface area contributed by atoms with E-state index in [0.717, 1.165) is 38.8 Å². The number of ether oxygens (including phenoxy) is 1. The Hall–Kier alpha value is -2.82. The van der Waals surface area contributed by atoms with Gasteiger partial charge in [-0.25, -0.2) is 0 Å². The molecule has 0 aromatic heterocycles. The van der Waals surface area contributed by atoms with Gasteiger partial charge in [0.25, 0.3) is 6.47 Å². The van der Waals surface area contributed by atoms with Gasteiger partial charge in [-0.1, -0.05) is 20.8 Å². The van der Waals surface area contributed by atoms with Gasteiger partial charge in [0.15, 0.2) is 0 Å². The number of fused-ring (bicyclic) bond motifs is 4. The summed E-state index contributed by atoms with van der Waals surface area (Å²) in [5.74, 6) is 0.509. The van der Waals surface area contributed by atoms with Crippen LogP contribution in [0.1, 0.15) is 125 Å². The zero-order valence-corrected chi connectivity index (χ0v) is 26.2. The fourth-order valence-corrected chi connectivity index (χ4v) is 8.76. The average molecular weight is 556 g/mol. The van der Waals surface area contributed by atoms with Crippen molar-refractivity contribution in [2.75, 3.05) is 42.6 Å². The lowest BCUT2D eigenvalue weighted by Gasteiger charge is -2.49. The van der Waals surface area contributed by atoms with E-state index in [1.807, 2.05) is 0 Å². The molecule has 0 N–H and O–H groups in total. The number of aliphatic imine (C=N–C) groups is 1. The zero-order valence-electron chi connectivity index (χ0n) is 26.2. The molecular formula is C36H49N3O2. The molecule has 0 radical (unpaired) electrons. The number of carbonyl (C=O) groups excluding carboxylic acids is 1. The van der Waals surface area contributed by atoms with Crippen LogP contribution in [0.3, 0.4) is 0 Å². The van der Waals surface area contributed by atoms with Gasteiger partial charge >= 0.3 is 0 Å². The first kappa shape index (κ1) is 28.3. The third-order valence-corrected chi connectivity index (χ3v) is 10.4. The van der Waals surface area contributed by atoms with Crippen molar-refractivity contribution in [1.82, 2.24) is 0 Å². The van der Waals surface area contributed by atoms with Crippen LogP contribution >= 0.6 is 0 Å². The molecule has 1 unspecified atom stereocenters. The Labute approximate surface area is 247 Å². The number of rotatable bonds is 8. The summed E-state index contributed by atoms with van der Waals surface area (Å²) in [7, 11) is 0.